The maximum absolute atomic E-state index is 6.01. The van der Waals surface area contributed by atoms with E-state index in [1.54, 1.807) is 0 Å². The van der Waals surface area contributed by atoms with Gasteiger partial charge in [-0.25, -0.2) is 0 Å². The monoisotopic (exact) mass is 230 g/mol. The highest BCUT2D eigenvalue weighted by molar-refractivity contribution is 5.53. The molecule has 90 valence electrons. The molecule has 0 fully saturated rings. The average molecular weight is 230 g/mol. The van der Waals surface area contributed by atoms with Crippen molar-refractivity contribution in [2.24, 2.45) is 0 Å². The first-order valence-electron chi connectivity index (χ1n) is 5.70. The zero-order valence-electron chi connectivity index (χ0n) is 10.8. The summed E-state index contributed by atoms with van der Waals surface area (Å²) < 4.78 is 1.96. The van der Waals surface area contributed by atoms with Gasteiger partial charge in [-0.3, -0.25) is 9.67 Å². The molecule has 0 aromatic carbocycles. The Morgan fingerprint density at radius 3 is 2.53 bits per heavy atom. The van der Waals surface area contributed by atoms with E-state index < -0.39 is 0 Å². The lowest BCUT2D eigenvalue weighted by Crippen LogP contribution is -2.09. The van der Waals surface area contributed by atoms with Crippen LogP contribution in [0.4, 0.5) is 5.69 Å². The van der Waals surface area contributed by atoms with Gasteiger partial charge in [0.15, 0.2) is 0 Å². The zero-order chi connectivity index (χ0) is 12.6. The van der Waals surface area contributed by atoms with Crippen molar-refractivity contribution in [1.82, 2.24) is 14.8 Å². The van der Waals surface area contributed by atoms with Gasteiger partial charge in [-0.2, -0.15) is 5.10 Å². The van der Waals surface area contributed by atoms with E-state index in [0.717, 1.165) is 33.9 Å². The number of aromatic nitrogens is 3. The van der Waals surface area contributed by atoms with Crippen molar-refractivity contribution in [3.8, 4) is 0 Å². The normalized spacial score (nSPS) is 10.8. The Morgan fingerprint density at radius 1 is 1.24 bits per heavy atom. The summed E-state index contributed by atoms with van der Waals surface area (Å²) in [6, 6.07) is 2.06. The lowest BCUT2D eigenvalue weighted by Gasteiger charge is -2.10. The summed E-state index contributed by atoms with van der Waals surface area (Å²) in [6.07, 6.45) is 1.82. The van der Waals surface area contributed by atoms with Crippen molar-refractivity contribution in [3.05, 3.63) is 40.5 Å². The van der Waals surface area contributed by atoms with Gasteiger partial charge in [0.25, 0.3) is 0 Å². The van der Waals surface area contributed by atoms with Gasteiger partial charge in [0.2, 0.25) is 0 Å². The summed E-state index contributed by atoms with van der Waals surface area (Å²) in [6.45, 7) is 8.70. The number of nitrogens with zero attached hydrogens (tertiary/aromatic N) is 3. The van der Waals surface area contributed by atoms with Crippen LogP contribution < -0.4 is 5.73 Å². The Balaban J connectivity index is 2.37. The van der Waals surface area contributed by atoms with Crippen molar-refractivity contribution in [3.63, 3.8) is 0 Å². The number of rotatable bonds is 2. The highest BCUT2D eigenvalue weighted by Crippen LogP contribution is 2.19. The molecule has 2 rings (SSSR count). The summed E-state index contributed by atoms with van der Waals surface area (Å²) >= 11 is 0. The second-order valence-electron chi connectivity index (χ2n) is 4.51. The molecule has 2 aromatic heterocycles. The van der Waals surface area contributed by atoms with E-state index >= 15 is 0 Å². The van der Waals surface area contributed by atoms with Gasteiger partial charge in [-0.05, 0) is 44.9 Å². The molecule has 0 amide bonds. The van der Waals surface area contributed by atoms with Crippen LogP contribution in [-0.2, 0) is 6.54 Å². The van der Waals surface area contributed by atoms with E-state index in [9.17, 15) is 0 Å². The Labute approximate surface area is 101 Å². The maximum atomic E-state index is 6.01. The molecule has 0 aliphatic rings. The first kappa shape index (κ1) is 11.6. The zero-order valence-corrected chi connectivity index (χ0v) is 10.8. The van der Waals surface area contributed by atoms with Crippen molar-refractivity contribution in [2.75, 3.05) is 5.73 Å². The Morgan fingerprint density at radius 2 is 1.94 bits per heavy atom. The summed E-state index contributed by atoms with van der Waals surface area (Å²) in [5, 5.41) is 4.43. The van der Waals surface area contributed by atoms with Gasteiger partial charge in [-0.15, -0.1) is 0 Å². The molecule has 0 unspecified atom stereocenters. The van der Waals surface area contributed by atoms with Crippen molar-refractivity contribution in [2.45, 2.75) is 34.2 Å². The first-order valence-corrected chi connectivity index (χ1v) is 5.70. The van der Waals surface area contributed by atoms with Crippen LogP contribution in [0.2, 0.25) is 0 Å². The maximum Gasteiger partial charge on any atom is 0.0837 e. The van der Waals surface area contributed by atoms with Crippen LogP contribution >= 0.6 is 0 Å². The van der Waals surface area contributed by atoms with Gasteiger partial charge >= 0.3 is 0 Å². The third-order valence-electron chi connectivity index (χ3n) is 3.08. The Kier molecular flexibility index (Phi) is 2.88. The molecule has 2 heterocycles. The number of hydrogen-bond acceptors (Lipinski definition) is 3. The Bertz CT molecular complexity index is 555. The van der Waals surface area contributed by atoms with E-state index in [1.807, 2.05) is 38.6 Å². The quantitative estimate of drug-likeness (QED) is 0.860. The Hall–Kier alpha value is -1.84. The predicted octanol–water partition coefficient (Wildman–Crippen LogP) is 2.14. The second-order valence-corrected chi connectivity index (χ2v) is 4.51. The fraction of sp³-hybridized carbons (Fsp3) is 0.385. The average Bonchev–Trinajstić information content (AvgIpc) is 2.58. The third kappa shape index (κ3) is 2.16. The van der Waals surface area contributed by atoms with E-state index in [2.05, 4.69) is 16.1 Å². The summed E-state index contributed by atoms with van der Waals surface area (Å²) in [5.74, 6) is 0. The van der Waals surface area contributed by atoms with E-state index in [0.29, 0.717) is 6.54 Å². The van der Waals surface area contributed by atoms with Crippen molar-refractivity contribution < 1.29 is 0 Å². The number of hydrogen-bond donors (Lipinski definition) is 1. The van der Waals surface area contributed by atoms with Crippen LogP contribution in [0.15, 0.2) is 12.3 Å². The van der Waals surface area contributed by atoms with Crippen LogP contribution in [0.3, 0.4) is 0 Å². The molecule has 0 radical (unpaired) electrons. The van der Waals surface area contributed by atoms with Gasteiger partial charge in [0.05, 0.1) is 17.9 Å². The number of pyridine rings is 1. The number of nitrogens with two attached hydrogens (primary N) is 1. The molecule has 4 nitrogen and oxygen atoms in total. The SMILES string of the molecule is Cc1cc(C)n(Cc2ncc(C)c(N)c2C)n1. The van der Waals surface area contributed by atoms with Crippen LogP contribution in [0, 0.1) is 27.7 Å². The summed E-state index contributed by atoms with van der Waals surface area (Å²) in [4.78, 5) is 4.44. The minimum Gasteiger partial charge on any atom is -0.398 e. The van der Waals surface area contributed by atoms with Crippen LogP contribution in [0.1, 0.15) is 28.2 Å². The molecule has 0 saturated carbocycles. The summed E-state index contributed by atoms with van der Waals surface area (Å²) in [5.41, 5.74) is 12.1. The molecular formula is C13H18N4. The van der Waals surface area contributed by atoms with Gasteiger partial charge in [0, 0.05) is 17.6 Å². The fourth-order valence-corrected chi connectivity index (χ4v) is 1.93. The second kappa shape index (κ2) is 4.20. The van der Waals surface area contributed by atoms with Gasteiger partial charge < -0.3 is 5.73 Å². The third-order valence-corrected chi connectivity index (χ3v) is 3.08. The van der Waals surface area contributed by atoms with E-state index in [1.165, 1.54) is 0 Å². The molecule has 17 heavy (non-hydrogen) atoms. The summed E-state index contributed by atoms with van der Waals surface area (Å²) in [7, 11) is 0. The number of aryl methyl sites for hydroxylation is 3. The molecule has 0 aliphatic carbocycles. The van der Waals surface area contributed by atoms with E-state index in [4.69, 9.17) is 5.73 Å². The standard InChI is InChI=1S/C13H18N4/c1-8-6-15-12(11(4)13(8)14)7-17-10(3)5-9(2)16-17/h5-6H,7H2,1-4H3,(H2,14,15). The molecule has 0 spiro atoms. The van der Waals surface area contributed by atoms with Crippen molar-refractivity contribution in [1.29, 1.82) is 0 Å². The minimum absolute atomic E-state index is 0.677. The highest BCUT2D eigenvalue weighted by atomic mass is 15.3. The van der Waals surface area contributed by atoms with Crippen LogP contribution in [0.5, 0.6) is 0 Å². The number of anilines is 1. The molecule has 2 aromatic rings. The lowest BCUT2D eigenvalue weighted by molar-refractivity contribution is 0.644. The predicted molar refractivity (Wildman–Crippen MR) is 68.9 cm³/mol. The minimum atomic E-state index is 0.677. The molecule has 0 aliphatic heterocycles. The molecule has 4 heteroatoms. The fourth-order valence-electron chi connectivity index (χ4n) is 1.93. The molecule has 0 saturated heterocycles. The molecule has 0 atom stereocenters. The topological polar surface area (TPSA) is 56.7 Å². The smallest absolute Gasteiger partial charge is 0.0837 e. The van der Waals surface area contributed by atoms with Gasteiger partial charge in [-0.1, -0.05) is 0 Å². The van der Waals surface area contributed by atoms with Crippen molar-refractivity contribution >= 4 is 5.69 Å². The van der Waals surface area contributed by atoms with Crippen LogP contribution in [-0.4, -0.2) is 14.8 Å². The highest BCUT2D eigenvalue weighted by Gasteiger charge is 2.08. The molecule has 0 bridgehead atoms. The largest absolute Gasteiger partial charge is 0.398 e. The first-order chi connectivity index (χ1) is 7.99. The lowest BCUT2D eigenvalue weighted by atomic mass is 10.1. The molecule has 2 N–H and O–H groups in total. The van der Waals surface area contributed by atoms with E-state index in [-0.39, 0.29) is 0 Å². The van der Waals surface area contributed by atoms with Crippen LogP contribution in [0.25, 0.3) is 0 Å². The van der Waals surface area contributed by atoms with Gasteiger partial charge in [0.1, 0.15) is 0 Å². The molecular weight excluding hydrogens is 212 g/mol. The number of nitrogen functional groups attached to an aromatic ring is 1.